The number of imidazole rings is 1. The van der Waals surface area contributed by atoms with Gasteiger partial charge in [0.25, 0.3) is 0 Å². The minimum absolute atomic E-state index is 0.217. The van der Waals surface area contributed by atoms with Crippen LogP contribution in [0.1, 0.15) is 54.1 Å². The molecule has 3 aromatic rings. The van der Waals surface area contributed by atoms with E-state index < -0.39 is 23.5 Å². The predicted molar refractivity (Wildman–Crippen MR) is 111 cm³/mol. The third kappa shape index (κ3) is 3.18. The number of fused-ring (bicyclic) bond motifs is 3. The molecule has 0 aliphatic carbocycles. The Morgan fingerprint density at radius 3 is 2.48 bits per heavy atom. The van der Waals surface area contributed by atoms with Crippen LogP contribution in [-0.2, 0) is 9.53 Å². The van der Waals surface area contributed by atoms with Gasteiger partial charge in [-0.1, -0.05) is 30.3 Å². The van der Waals surface area contributed by atoms with E-state index in [1.165, 1.54) is 0 Å². The van der Waals surface area contributed by atoms with Crippen molar-refractivity contribution < 1.29 is 14.3 Å². The van der Waals surface area contributed by atoms with Crippen LogP contribution in [0.2, 0.25) is 0 Å². The van der Waals surface area contributed by atoms with Gasteiger partial charge in [0.15, 0.2) is 11.8 Å². The van der Waals surface area contributed by atoms with E-state index in [4.69, 9.17) is 4.74 Å². The number of rotatable bonds is 2. The lowest BCUT2D eigenvalue weighted by atomic mass is 9.89. The van der Waals surface area contributed by atoms with E-state index in [2.05, 4.69) is 10.3 Å². The van der Waals surface area contributed by atoms with Crippen LogP contribution in [0.3, 0.4) is 0 Å². The highest BCUT2D eigenvalue weighted by Gasteiger charge is 2.42. The Morgan fingerprint density at radius 1 is 1.14 bits per heavy atom. The molecule has 0 amide bonds. The zero-order valence-electron chi connectivity index (χ0n) is 17.3. The van der Waals surface area contributed by atoms with Crippen LogP contribution in [0.4, 0.5) is 5.69 Å². The summed E-state index contributed by atoms with van der Waals surface area (Å²) in [5.41, 5.74) is 3.96. The van der Waals surface area contributed by atoms with Crippen molar-refractivity contribution in [1.29, 1.82) is 0 Å². The molecule has 4 rings (SSSR count). The summed E-state index contributed by atoms with van der Waals surface area (Å²) in [6, 6.07) is 10.9. The fourth-order valence-electron chi connectivity index (χ4n) is 3.55. The minimum Gasteiger partial charge on any atom is -0.451 e. The maximum atomic E-state index is 13.4. The number of anilines is 1. The molecule has 29 heavy (non-hydrogen) atoms. The zero-order chi connectivity index (χ0) is 20.9. The lowest BCUT2D eigenvalue weighted by Gasteiger charge is -2.34. The smallest absolute Gasteiger partial charge is 0.312 e. The van der Waals surface area contributed by atoms with Crippen molar-refractivity contribution in [2.45, 2.75) is 46.8 Å². The highest BCUT2D eigenvalue weighted by atomic mass is 16.5. The number of esters is 1. The van der Waals surface area contributed by atoms with E-state index in [0.717, 1.165) is 17.0 Å². The van der Waals surface area contributed by atoms with E-state index in [-0.39, 0.29) is 5.78 Å². The fourth-order valence-corrected chi connectivity index (χ4v) is 3.55. The Kier molecular flexibility index (Phi) is 4.45. The summed E-state index contributed by atoms with van der Waals surface area (Å²) in [6.07, 6.45) is 0.894. The second kappa shape index (κ2) is 6.72. The van der Waals surface area contributed by atoms with Crippen molar-refractivity contribution in [2.75, 3.05) is 5.32 Å². The number of pyridine rings is 1. The van der Waals surface area contributed by atoms with Gasteiger partial charge in [-0.25, -0.2) is 4.98 Å². The molecule has 1 aliphatic heterocycles. The summed E-state index contributed by atoms with van der Waals surface area (Å²) in [6.45, 7) is 9.28. The number of carbonyl (C=O) groups excluding carboxylic acids is 2. The fraction of sp³-hybridized carbons (Fsp3) is 0.348. The molecule has 0 saturated heterocycles. The van der Waals surface area contributed by atoms with Crippen molar-refractivity contribution in [2.24, 2.45) is 5.41 Å². The van der Waals surface area contributed by atoms with Gasteiger partial charge < -0.3 is 14.5 Å². The van der Waals surface area contributed by atoms with Crippen molar-refractivity contribution >= 4 is 23.1 Å². The van der Waals surface area contributed by atoms with E-state index in [9.17, 15) is 9.59 Å². The first-order chi connectivity index (χ1) is 13.7. The molecule has 0 radical (unpaired) electrons. The molecule has 0 fully saturated rings. The minimum atomic E-state index is -0.948. The standard InChI is InChI=1S/C23H25N3O3/c1-13-14(2)26-12-11-16-18(21(26)24-13)25-17(15-9-7-6-8-10-15)20(19(16)27)29-22(28)23(3,4)5/h6-12,17,20,25H,1-5H3. The van der Waals surface area contributed by atoms with Gasteiger partial charge in [0.1, 0.15) is 0 Å². The Morgan fingerprint density at radius 2 is 1.83 bits per heavy atom. The first kappa shape index (κ1) is 19.2. The van der Waals surface area contributed by atoms with Gasteiger partial charge in [-0.15, -0.1) is 0 Å². The number of benzene rings is 1. The first-order valence-electron chi connectivity index (χ1n) is 9.73. The molecule has 150 valence electrons. The lowest BCUT2D eigenvalue weighted by Crippen LogP contribution is -2.43. The molecule has 0 saturated carbocycles. The molecule has 0 spiro atoms. The largest absolute Gasteiger partial charge is 0.451 e. The summed E-state index contributed by atoms with van der Waals surface area (Å²) in [5.74, 6) is -0.624. The summed E-state index contributed by atoms with van der Waals surface area (Å²) in [5, 5.41) is 3.45. The number of carbonyl (C=O) groups is 2. The van der Waals surface area contributed by atoms with Crippen molar-refractivity contribution in [3.63, 3.8) is 0 Å². The first-order valence-corrected chi connectivity index (χ1v) is 9.73. The number of ether oxygens (including phenoxy) is 1. The van der Waals surface area contributed by atoms with Crippen molar-refractivity contribution in [3.05, 3.63) is 65.1 Å². The quantitative estimate of drug-likeness (QED) is 0.661. The number of hydrogen-bond donors (Lipinski definition) is 1. The average molecular weight is 391 g/mol. The Hall–Kier alpha value is -3.15. The molecule has 2 aromatic heterocycles. The molecule has 1 aliphatic rings. The summed E-state index contributed by atoms with van der Waals surface area (Å²) in [4.78, 5) is 30.7. The third-order valence-corrected chi connectivity index (χ3v) is 5.40. The third-order valence-electron chi connectivity index (χ3n) is 5.40. The second-order valence-corrected chi connectivity index (χ2v) is 8.55. The maximum Gasteiger partial charge on any atom is 0.312 e. The number of hydrogen-bond acceptors (Lipinski definition) is 5. The number of ketones is 1. The maximum absolute atomic E-state index is 13.4. The highest BCUT2D eigenvalue weighted by molar-refractivity contribution is 6.09. The van der Waals surface area contributed by atoms with E-state index in [1.807, 2.05) is 54.8 Å². The number of nitrogens with zero attached hydrogens (tertiary/aromatic N) is 2. The van der Waals surface area contributed by atoms with Crippen LogP contribution in [0, 0.1) is 19.3 Å². The average Bonchev–Trinajstić information content (AvgIpc) is 2.98. The van der Waals surface area contributed by atoms with E-state index in [1.54, 1.807) is 26.8 Å². The molecule has 6 nitrogen and oxygen atoms in total. The lowest BCUT2D eigenvalue weighted by molar-refractivity contribution is -0.157. The molecule has 3 heterocycles. The topological polar surface area (TPSA) is 72.7 Å². The van der Waals surface area contributed by atoms with Gasteiger partial charge in [-0.3, -0.25) is 9.59 Å². The molecule has 2 atom stereocenters. The number of nitrogens with one attached hydrogen (secondary N) is 1. The van der Waals surface area contributed by atoms with Crippen LogP contribution < -0.4 is 5.32 Å². The second-order valence-electron chi connectivity index (χ2n) is 8.55. The van der Waals surface area contributed by atoms with Crippen LogP contribution in [0.5, 0.6) is 0 Å². The van der Waals surface area contributed by atoms with Crippen LogP contribution in [-0.4, -0.2) is 27.2 Å². The van der Waals surface area contributed by atoms with Crippen LogP contribution >= 0.6 is 0 Å². The predicted octanol–water partition coefficient (Wildman–Crippen LogP) is 4.26. The molecular weight excluding hydrogens is 366 g/mol. The zero-order valence-corrected chi connectivity index (χ0v) is 17.3. The van der Waals surface area contributed by atoms with Crippen molar-refractivity contribution in [3.8, 4) is 0 Å². The monoisotopic (exact) mass is 391 g/mol. The summed E-state index contributed by atoms with van der Waals surface area (Å²) < 4.78 is 7.72. The summed E-state index contributed by atoms with van der Waals surface area (Å²) >= 11 is 0. The highest BCUT2D eigenvalue weighted by Crippen LogP contribution is 2.38. The van der Waals surface area contributed by atoms with Gasteiger partial charge in [0.2, 0.25) is 5.78 Å². The number of aryl methyl sites for hydroxylation is 2. The van der Waals surface area contributed by atoms with Gasteiger partial charge >= 0.3 is 5.97 Å². The van der Waals surface area contributed by atoms with Gasteiger partial charge in [-0.2, -0.15) is 0 Å². The molecule has 0 bridgehead atoms. The van der Waals surface area contributed by atoms with Crippen LogP contribution in [0.25, 0.3) is 5.65 Å². The molecular formula is C23H25N3O3. The molecule has 2 unspecified atom stereocenters. The van der Waals surface area contributed by atoms with E-state index >= 15 is 0 Å². The Balaban J connectivity index is 1.86. The van der Waals surface area contributed by atoms with Gasteiger partial charge in [0, 0.05) is 11.9 Å². The van der Waals surface area contributed by atoms with Crippen molar-refractivity contribution in [1.82, 2.24) is 9.38 Å². The van der Waals surface area contributed by atoms with Gasteiger partial charge in [-0.05, 0) is 46.2 Å². The normalized spacial score (nSPS) is 19.0. The Bertz CT molecular complexity index is 1110. The van der Waals surface area contributed by atoms with Crippen LogP contribution in [0.15, 0.2) is 42.6 Å². The number of Topliss-reactive ketones (excluding diaryl/α,β-unsaturated/α-hetero) is 1. The molecule has 1 N–H and O–H groups in total. The van der Waals surface area contributed by atoms with Gasteiger partial charge in [0.05, 0.1) is 28.4 Å². The number of aromatic nitrogens is 2. The summed E-state index contributed by atoms with van der Waals surface area (Å²) in [7, 11) is 0. The molecule has 6 heteroatoms. The Labute approximate surface area is 169 Å². The molecule has 1 aromatic carbocycles. The SMILES string of the molecule is Cc1nc2c3c(ccn2c1C)C(=O)C(OC(=O)C(C)(C)C)C(c1ccccc1)N3. The van der Waals surface area contributed by atoms with E-state index in [0.29, 0.717) is 16.9 Å².